The van der Waals surface area contributed by atoms with Gasteiger partial charge in [-0.05, 0) is 38.5 Å². The fourth-order valence-electron chi connectivity index (χ4n) is 5.42. The highest BCUT2D eigenvalue weighted by atomic mass is 19.3. The third-order valence-electron chi connectivity index (χ3n) is 7.03. The number of fused-ring (bicyclic) bond motifs is 9. The summed E-state index contributed by atoms with van der Waals surface area (Å²) in [6.07, 6.45) is 0.637. The van der Waals surface area contributed by atoms with Gasteiger partial charge in [0.25, 0.3) is 5.91 Å². The van der Waals surface area contributed by atoms with Gasteiger partial charge < -0.3 is 25.8 Å². The van der Waals surface area contributed by atoms with E-state index in [2.05, 4.69) is 24.8 Å². The van der Waals surface area contributed by atoms with Gasteiger partial charge in [-0.1, -0.05) is 0 Å². The Morgan fingerprint density at radius 1 is 1.12 bits per heavy atom. The van der Waals surface area contributed by atoms with Crippen molar-refractivity contribution >= 4 is 11.4 Å². The predicted molar refractivity (Wildman–Crippen MR) is 129 cm³/mol. The Bertz CT molecular complexity index is 1660. The monoisotopic (exact) mass is 557 g/mol. The summed E-state index contributed by atoms with van der Waals surface area (Å²) in [5.74, 6) is -3.70. The Balaban J connectivity index is 1.58. The van der Waals surface area contributed by atoms with Gasteiger partial charge in [0, 0.05) is 40.6 Å². The van der Waals surface area contributed by atoms with E-state index < -0.39 is 47.7 Å². The molecule has 0 radical (unpaired) electrons. The molecule has 2 unspecified atom stereocenters. The standard InChI is InChI=1S/C25H22F3N7O5/c1-24(2,29)22-30-7-10(8-31-22)14-6-15-18-12-5-16(19(18)33-34(15)9-32-14)35(25(37,38)39)21(36)11-3-4-13(26)20(17(11)12)40-23(27)28/h3-4,6-9,12,16,23,37-39H,5,29H2,1-2H3. The van der Waals surface area contributed by atoms with Crippen LogP contribution in [0.2, 0.25) is 0 Å². The lowest BCUT2D eigenvalue weighted by Gasteiger charge is -2.34. The highest BCUT2D eigenvalue weighted by Gasteiger charge is 2.53. The van der Waals surface area contributed by atoms with Gasteiger partial charge in [0.1, 0.15) is 12.2 Å². The van der Waals surface area contributed by atoms with Crippen molar-refractivity contribution in [3.05, 3.63) is 70.9 Å². The molecule has 2 atom stereocenters. The van der Waals surface area contributed by atoms with Gasteiger partial charge >= 0.3 is 12.7 Å². The Hall–Kier alpha value is -4.18. The minimum atomic E-state index is -3.65. The van der Waals surface area contributed by atoms with Crippen LogP contribution in [-0.4, -0.2) is 63.4 Å². The Morgan fingerprint density at radius 2 is 1.82 bits per heavy atom. The van der Waals surface area contributed by atoms with Gasteiger partial charge in [-0.2, -0.15) is 13.9 Å². The molecule has 2 bridgehead atoms. The van der Waals surface area contributed by atoms with E-state index in [1.54, 1.807) is 19.9 Å². The smallest absolute Gasteiger partial charge is 0.387 e. The number of amides is 1. The number of carbonyl (C=O) groups excluding carboxylic acids is 1. The molecule has 12 nitrogen and oxygen atoms in total. The highest BCUT2D eigenvalue weighted by Crippen LogP contribution is 2.55. The van der Waals surface area contributed by atoms with E-state index in [0.29, 0.717) is 33.1 Å². The number of aromatic nitrogens is 5. The van der Waals surface area contributed by atoms with Crippen molar-refractivity contribution in [1.29, 1.82) is 0 Å². The second kappa shape index (κ2) is 8.66. The van der Waals surface area contributed by atoms with Crippen molar-refractivity contribution in [2.45, 2.75) is 50.5 Å². The Labute approximate surface area is 223 Å². The third-order valence-corrected chi connectivity index (χ3v) is 7.03. The predicted octanol–water partition coefficient (Wildman–Crippen LogP) is 1.74. The molecule has 1 aromatic carbocycles. The molecule has 4 heterocycles. The number of nitrogens with two attached hydrogens (primary N) is 1. The number of carbonyl (C=O) groups is 1. The van der Waals surface area contributed by atoms with Gasteiger partial charge in [0.15, 0.2) is 11.6 Å². The number of aliphatic hydroxyl groups is 3. The summed E-state index contributed by atoms with van der Waals surface area (Å²) < 4.78 is 47.5. The first-order valence-electron chi connectivity index (χ1n) is 12.0. The molecule has 3 aromatic heterocycles. The van der Waals surface area contributed by atoms with Crippen molar-refractivity contribution in [1.82, 2.24) is 29.5 Å². The second-order valence-corrected chi connectivity index (χ2v) is 10.2. The van der Waals surface area contributed by atoms with Gasteiger partial charge in [0.2, 0.25) is 0 Å². The molecule has 2 aliphatic rings. The molecule has 15 heteroatoms. The van der Waals surface area contributed by atoms with Crippen LogP contribution in [0.4, 0.5) is 13.2 Å². The summed E-state index contributed by atoms with van der Waals surface area (Å²) in [6.45, 7) is 0.0902. The number of hydrogen-bond donors (Lipinski definition) is 4. The lowest BCUT2D eigenvalue weighted by atomic mass is 9.88. The summed E-state index contributed by atoms with van der Waals surface area (Å²) >= 11 is 0. The number of benzene rings is 1. The van der Waals surface area contributed by atoms with E-state index in [1.807, 2.05) is 0 Å². The molecular formula is C25H22F3N7O5. The molecule has 0 saturated carbocycles. The molecule has 0 fully saturated rings. The fourth-order valence-corrected chi connectivity index (χ4v) is 5.42. The van der Waals surface area contributed by atoms with Gasteiger partial charge in [0.05, 0.1) is 28.5 Å². The first-order chi connectivity index (χ1) is 18.8. The van der Waals surface area contributed by atoms with Crippen LogP contribution in [0.15, 0.2) is 36.9 Å². The fraction of sp³-hybridized carbons (Fsp3) is 0.320. The zero-order chi connectivity index (χ0) is 28.7. The number of hydrogen-bond acceptors (Lipinski definition) is 10. The summed E-state index contributed by atoms with van der Waals surface area (Å²) in [5.41, 5.74) is 6.55. The topological polar surface area (TPSA) is 172 Å². The average Bonchev–Trinajstić information content (AvgIpc) is 3.36. The molecule has 4 aromatic rings. The lowest BCUT2D eigenvalue weighted by Crippen LogP contribution is -2.53. The van der Waals surface area contributed by atoms with E-state index in [1.165, 1.54) is 23.2 Å². The molecule has 1 amide bonds. The minimum absolute atomic E-state index is 0.133. The van der Waals surface area contributed by atoms with E-state index in [-0.39, 0.29) is 23.2 Å². The molecule has 1 aliphatic heterocycles. The van der Waals surface area contributed by atoms with Crippen LogP contribution in [0.1, 0.15) is 65.2 Å². The van der Waals surface area contributed by atoms with Crippen molar-refractivity contribution in [2.24, 2.45) is 5.73 Å². The molecule has 6 rings (SSSR count). The van der Waals surface area contributed by atoms with Crippen molar-refractivity contribution in [3.63, 3.8) is 0 Å². The normalized spacial score (nSPS) is 18.8. The molecule has 208 valence electrons. The summed E-state index contributed by atoms with van der Waals surface area (Å²) in [5, 5.41) is 34.9. The van der Waals surface area contributed by atoms with Crippen LogP contribution >= 0.6 is 0 Å². The quantitative estimate of drug-likeness (QED) is 0.265. The summed E-state index contributed by atoms with van der Waals surface area (Å²) in [4.78, 5) is 26.7. The highest BCUT2D eigenvalue weighted by molar-refractivity contribution is 5.98. The maximum Gasteiger partial charge on any atom is 0.387 e. The van der Waals surface area contributed by atoms with Crippen LogP contribution in [0.3, 0.4) is 0 Å². The maximum absolute atomic E-state index is 14.9. The largest absolute Gasteiger partial charge is 0.431 e. The Morgan fingerprint density at radius 3 is 2.45 bits per heavy atom. The third kappa shape index (κ3) is 3.97. The molecular weight excluding hydrogens is 535 g/mol. The first kappa shape index (κ1) is 26.1. The zero-order valence-electron chi connectivity index (χ0n) is 21.0. The van der Waals surface area contributed by atoms with Crippen LogP contribution in [0.25, 0.3) is 16.8 Å². The molecule has 0 spiro atoms. The van der Waals surface area contributed by atoms with E-state index >= 15 is 0 Å². The van der Waals surface area contributed by atoms with E-state index in [9.17, 15) is 33.3 Å². The van der Waals surface area contributed by atoms with E-state index in [0.717, 1.165) is 12.1 Å². The van der Waals surface area contributed by atoms with Gasteiger partial charge in [-0.25, -0.2) is 23.9 Å². The molecule has 5 N–H and O–H groups in total. The van der Waals surface area contributed by atoms with Crippen LogP contribution in [-0.2, 0) is 5.54 Å². The lowest BCUT2D eigenvalue weighted by molar-refractivity contribution is -0.385. The summed E-state index contributed by atoms with van der Waals surface area (Å²) in [6, 6.07) is 2.17. The van der Waals surface area contributed by atoms with Gasteiger partial charge in [-0.3, -0.25) is 9.69 Å². The van der Waals surface area contributed by atoms with Crippen molar-refractivity contribution in [2.75, 3.05) is 0 Å². The van der Waals surface area contributed by atoms with Crippen molar-refractivity contribution in [3.8, 4) is 17.0 Å². The number of ether oxygens (including phenoxy) is 1. The number of rotatable bonds is 5. The van der Waals surface area contributed by atoms with Gasteiger partial charge in [-0.15, -0.1) is 0 Å². The molecule has 40 heavy (non-hydrogen) atoms. The first-order valence-corrected chi connectivity index (χ1v) is 12.0. The van der Waals surface area contributed by atoms with Crippen LogP contribution in [0.5, 0.6) is 5.75 Å². The molecule has 0 saturated heterocycles. The van der Waals surface area contributed by atoms with E-state index in [4.69, 9.17) is 5.73 Å². The number of halogens is 3. The minimum Gasteiger partial charge on any atom is -0.431 e. The SMILES string of the molecule is CC(C)(N)c1ncc(-c2cc3c4c(nn3cn2)C2CC4c3c(ccc(F)c3OC(F)F)C(=O)N2C(O)(O)O)cn1. The maximum atomic E-state index is 14.9. The number of alkyl halides is 2. The molecule has 1 aliphatic carbocycles. The Kier molecular flexibility index (Phi) is 5.64. The summed E-state index contributed by atoms with van der Waals surface area (Å²) in [7, 11) is 0. The second-order valence-electron chi connectivity index (χ2n) is 10.2. The van der Waals surface area contributed by atoms with Crippen LogP contribution in [0, 0.1) is 5.82 Å². The number of nitrogens with zero attached hydrogens (tertiary/aromatic N) is 6. The van der Waals surface area contributed by atoms with Crippen molar-refractivity contribution < 1.29 is 38.0 Å². The van der Waals surface area contributed by atoms with Crippen LogP contribution < -0.4 is 10.5 Å². The zero-order valence-corrected chi connectivity index (χ0v) is 21.0. The average molecular weight is 557 g/mol.